The highest BCUT2D eigenvalue weighted by atomic mass is 35.5. The van der Waals surface area contributed by atoms with E-state index in [4.69, 9.17) is 11.6 Å². The van der Waals surface area contributed by atoms with Crippen LogP contribution in [0.5, 0.6) is 0 Å². The first-order chi connectivity index (χ1) is 13.8. The Balaban J connectivity index is 2.27. The number of Topliss-reactive ketones (excluding diaryl/α,β-unsaturated/α-hetero) is 2. The second-order valence-corrected chi connectivity index (χ2v) is 6.67. The fourth-order valence-corrected chi connectivity index (χ4v) is 2.93. The Bertz CT molecular complexity index is 1060. The first kappa shape index (κ1) is 21.8. The van der Waals surface area contributed by atoms with Gasteiger partial charge in [0.05, 0.1) is 0 Å². The number of ketones is 2. The number of halogens is 8. The lowest BCUT2D eigenvalue weighted by Gasteiger charge is -2.32. The summed E-state index contributed by atoms with van der Waals surface area (Å²) in [6, 6.07) is 9.19. The van der Waals surface area contributed by atoms with E-state index in [1.54, 1.807) is 0 Å². The van der Waals surface area contributed by atoms with Crippen LogP contribution in [0.2, 0.25) is 5.02 Å². The van der Waals surface area contributed by atoms with Gasteiger partial charge in [0, 0.05) is 21.8 Å². The molecule has 158 valence electrons. The molecule has 0 fully saturated rings. The van der Waals surface area contributed by atoms with Gasteiger partial charge in [-0.3, -0.25) is 9.59 Å². The molecule has 0 atom stereocenters. The van der Waals surface area contributed by atoms with Crippen LogP contribution in [0.4, 0.5) is 36.4 Å². The van der Waals surface area contributed by atoms with Crippen LogP contribution in [0, 0.1) is 0 Å². The minimum absolute atomic E-state index is 0.140. The summed E-state index contributed by atoms with van der Waals surface area (Å²) in [5.74, 6) is -15.8. The maximum atomic E-state index is 14.6. The van der Waals surface area contributed by atoms with Gasteiger partial charge in [0.15, 0.2) is 5.78 Å². The van der Waals surface area contributed by atoms with Gasteiger partial charge in [0.2, 0.25) is 5.78 Å². The molecule has 0 amide bonds. The third kappa shape index (κ3) is 3.34. The van der Waals surface area contributed by atoms with Crippen LogP contribution in [0.3, 0.4) is 0 Å². The second kappa shape index (κ2) is 7.12. The first-order valence-corrected chi connectivity index (χ1v) is 8.45. The van der Waals surface area contributed by atoms with Crippen molar-refractivity contribution < 1.29 is 40.3 Å². The molecule has 0 aliphatic heterocycles. The number of fused-ring (bicyclic) bond motifs is 1. The van der Waals surface area contributed by atoms with Crippen LogP contribution in [0.15, 0.2) is 59.8 Å². The summed E-state index contributed by atoms with van der Waals surface area (Å²) < 4.78 is 94.7. The number of carbonyl (C=O) groups excluding carboxylic acids is 2. The van der Waals surface area contributed by atoms with Crippen LogP contribution in [0.25, 0.3) is 0 Å². The zero-order valence-corrected chi connectivity index (χ0v) is 15.2. The lowest BCUT2D eigenvalue weighted by molar-refractivity contribution is -0.343. The average Bonchev–Trinajstić information content (AvgIpc) is 2.66. The number of rotatable bonds is 4. The molecule has 3 rings (SSSR count). The topological polar surface area (TPSA) is 46.2 Å². The van der Waals surface area contributed by atoms with Crippen molar-refractivity contribution in [2.45, 2.75) is 18.0 Å². The number of benzene rings is 2. The van der Waals surface area contributed by atoms with Crippen molar-refractivity contribution >= 4 is 28.9 Å². The smallest absolute Gasteiger partial charge is 0.352 e. The van der Waals surface area contributed by atoms with Gasteiger partial charge >= 0.3 is 18.0 Å². The van der Waals surface area contributed by atoms with Crippen molar-refractivity contribution in [3.05, 3.63) is 76.0 Å². The lowest BCUT2D eigenvalue weighted by Crippen LogP contribution is -2.55. The van der Waals surface area contributed by atoms with E-state index in [0.29, 0.717) is 0 Å². The lowest BCUT2D eigenvalue weighted by atomic mass is 9.82. The van der Waals surface area contributed by atoms with E-state index in [1.807, 2.05) is 0 Å². The standard InChI is InChI=1S/C19H9ClF7NO2/c20-9-5-7-10(8-6-9)28-14-13(17(21,22)18(23,24)19(25,26)27)15(29)11-3-1-2-4-12(11)16(14)30/h1-8,28H. The molecule has 30 heavy (non-hydrogen) atoms. The van der Waals surface area contributed by atoms with Crippen molar-refractivity contribution in [3.63, 3.8) is 0 Å². The van der Waals surface area contributed by atoms with Crippen molar-refractivity contribution in [1.29, 1.82) is 0 Å². The van der Waals surface area contributed by atoms with Gasteiger partial charge < -0.3 is 5.32 Å². The molecule has 0 bridgehead atoms. The second-order valence-electron chi connectivity index (χ2n) is 6.23. The van der Waals surface area contributed by atoms with Gasteiger partial charge in [-0.15, -0.1) is 0 Å². The highest BCUT2D eigenvalue weighted by Gasteiger charge is 2.76. The highest BCUT2D eigenvalue weighted by Crippen LogP contribution is 2.52. The first-order valence-electron chi connectivity index (χ1n) is 8.07. The van der Waals surface area contributed by atoms with E-state index in [-0.39, 0.29) is 10.7 Å². The van der Waals surface area contributed by atoms with E-state index in [9.17, 15) is 40.3 Å². The SMILES string of the molecule is O=C1C(Nc2ccc(Cl)cc2)=C(C(F)(F)C(F)(F)C(F)(F)F)C(=O)c2ccccc21. The molecule has 1 aliphatic carbocycles. The van der Waals surface area contributed by atoms with Gasteiger partial charge in [-0.25, -0.2) is 0 Å². The molecule has 0 heterocycles. The summed E-state index contributed by atoms with van der Waals surface area (Å²) in [5, 5.41) is 2.27. The number of nitrogens with one attached hydrogen (secondary N) is 1. The van der Waals surface area contributed by atoms with Gasteiger partial charge in [-0.2, -0.15) is 30.7 Å². The number of anilines is 1. The molecule has 0 aromatic heterocycles. The van der Waals surface area contributed by atoms with Crippen molar-refractivity contribution in [2.75, 3.05) is 5.32 Å². The Morgan fingerprint density at radius 2 is 1.23 bits per heavy atom. The highest BCUT2D eigenvalue weighted by molar-refractivity contribution is 6.30. The Morgan fingerprint density at radius 3 is 1.73 bits per heavy atom. The summed E-state index contributed by atoms with van der Waals surface area (Å²) >= 11 is 5.68. The molecule has 11 heteroatoms. The Kier molecular flexibility index (Phi) is 5.18. The van der Waals surface area contributed by atoms with Crippen molar-refractivity contribution in [3.8, 4) is 0 Å². The fourth-order valence-electron chi connectivity index (χ4n) is 2.81. The van der Waals surface area contributed by atoms with Crippen LogP contribution < -0.4 is 5.32 Å². The van der Waals surface area contributed by atoms with Gasteiger partial charge in [0.25, 0.3) is 0 Å². The summed E-state index contributed by atoms with van der Waals surface area (Å²) in [7, 11) is 0. The number of carbonyl (C=O) groups is 2. The number of hydrogen-bond acceptors (Lipinski definition) is 3. The zero-order valence-electron chi connectivity index (χ0n) is 14.5. The van der Waals surface area contributed by atoms with E-state index in [1.165, 1.54) is 18.2 Å². The predicted molar refractivity (Wildman–Crippen MR) is 93.2 cm³/mol. The van der Waals surface area contributed by atoms with Crippen LogP contribution in [-0.4, -0.2) is 29.6 Å². The summed E-state index contributed by atoms with van der Waals surface area (Å²) in [6.45, 7) is 0. The molecule has 0 saturated carbocycles. The monoisotopic (exact) mass is 451 g/mol. The molecule has 2 aromatic carbocycles. The molecule has 0 radical (unpaired) electrons. The molecule has 1 N–H and O–H groups in total. The van der Waals surface area contributed by atoms with Gasteiger partial charge in [-0.05, 0) is 24.3 Å². The summed E-state index contributed by atoms with van der Waals surface area (Å²) in [5.41, 5.74) is -4.93. The van der Waals surface area contributed by atoms with E-state index in [2.05, 4.69) is 5.32 Å². The van der Waals surface area contributed by atoms with E-state index in [0.717, 1.165) is 30.3 Å². The normalized spacial score (nSPS) is 15.3. The molecule has 1 aliphatic rings. The van der Waals surface area contributed by atoms with Crippen LogP contribution in [0.1, 0.15) is 20.7 Å². The number of alkyl halides is 7. The maximum Gasteiger partial charge on any atom is 0.460 e. The largest absolute Gasteiger partial charge is 0.460 e. The quantitative estimate of drug-likeness (QED) is 0.587. The van der Waals surface area contributed by atoms with Crippen molar-refractivity contribution in [2.24, 2.45) is 0 Å². The fraction of sp³-hybridized carbons (Fsp3) is 0.158. The maximum absolute atomic E-state index is 14.6. The number of hydrogen-bond donors (Lipinski definition) is 1. The summed E-state index contributed by atoms with van der Waals surface area (Å²) in [4.78, 5) is 25.3. The molecule has 0 saturated heterocycles. The molecular formula is C19H9ClF7NO2. The van der Waals surface area contributed by atoms with E-state index >= 15 is 0 Å². The predicted octanol–water partition coefficient (Wildman–Crippen LogP) is 5.92. The van der Waals surface area contributed by atoms with Gasteiger partial charge in [0.1, 0.15) is 11.3 Å². The Labute approximate surface area is 169 Å². The van der Waals surface area contributed by atoms with Crippen molar-refractivity contribution in [1.82, 2.24) is 0 Å². The van der Waals surface area contributed by atoms with Crippen LogP contribution in [-0.2, 0) is 0 Å². The van der Waals surface area contributed by atoms with Crippen LogP contribution >= 0.6 is 11.6 Å². The summed E-state index contributed by atoms with van der Waals surface area (Å²) in [6.07, 6.45) is -6.69. The number of allylic oxidation sites excluding steroid dienone is 2. The van der Waals surface area contributed by atoms with E-state index < -0.39 is 52.0 Å². The zero-order chi connectivity index (χ0) is 22.5. The molecule has 0 unspecified atom stereocenters. The third-order valence-corrected chi connectivity index (χ3v) is 4.55. The average molecular weight is 452 g/mol. The Hall–Kier alpha value is -2.88. The third-order valence-electron chi connectivity index (χ3n) is 4.30. The van der Waals surface area contributed by atoms with Gasteiger partial charge in [-0.1, -0.05) is 35.9 Å². The molecule has 3 nitrogen and oxygen atoms in total. The minimum atomic E-state index is -6.69. The molecule has 0 spiro atoms. The molecular weight excluding hydrogens is 443 g/mol. The Morgan fingerprint density at radius 1 is 0.733 bits per heavy atom. The minimum Gasteiger partial charge on any atom is -0.352 e. The molecule has 2 aromatic rings.